The largest absolute Gasteiger partial charge is 0.497 e. The summed E-state index contributed by atoms with van der Waals surface area (Å²) >= 11 is 0. The number of hydrogen-bond donors (Lipinski definition) is 1. The van der Waals surface area contributed by atoms with Gasteiger partial charge in [-0.25, -0.2) is 8.42 Å². The first-order valence-electron chi connectivity index (χ1n) is 12.0. The third kappa shape index (κ3) is 6.25. The van der Waals surface area contributed by atoms with Crippen molar-refractivity contribution in [1.82, 2.24) is 10.2 Å². The third-order valence-corrected chi connectivity index (χ3v) is 8.05. The highest BCUT2D eigenvalue weighted by atomic mass is 32.2. The molecule has 1 atom stereocenters. The Bertz CT molecular complexity index is 1380. The van der Waals surface area contributed by atoms with Gasteiger partial charge in [0.15, 0.2) is 0 Å². The molecule has 0 aromatic heterocycles. The smallest absolute Gasteiger partial charge is 0.264 e. The number of nitrogens with zero attached hydrogens (tertiary/aromatic N) is 2. The highest BCUT2D eigenvalue weighted by Gasteiger charge is 2.34. The summed E-state index contributed by atoms with van der Waals surface area (Å²) in [4.78, 5) is 27.9. The number of anilines is 1. The van der Waals surface area contributed by atoms with Crippen molar-refractivity contribution in [3.05, 3.63) is 83.9 Å². The van der Waals surface area contributed by atoms with Crippen LogP contribution in [0, 0.1) is 6.92 Å². The monoisotopic (exact) mass is 539 g/mol. The summed E-state index contributed by atoms with van der Waals surface area (Å²) < 4.78 is 39.6. The Balaban J connectivity index is 2.13. The van der Waals surface area contributed by atoms with Gasteiger partial charge < -0.3 is 19.7 Å². The summed E-state index contributed by atoms with van der Waals surface area (Å²) in [7, 11) is 0.141. The van der Waals surface area contributed by atoms with Gasteiger partial charge in [0.2, 0.25) is 11.8 Å². The van der Waals surface area contributed by atoms with E-state index in [0.29, 0.717) is 5.75 Å². The van der Waals surface area contributed by atoms with E-state index < -0.39 is 28.5 Å². The van der Waals surface area contributed by atoms with Crippen LogP contribution in [0.4, 0.5) is 5.69 Å². The van der Waals surface area contributed by atoms with E-state index >= 15 is 0 Å². The average molecular weight is 540 g/mol. The van der Waals surface area contributed by atoms with E-state index in [0.717, 1.165) is 15.4 Å². The maximum Gasteiger partial charge on any atom is 0.264 e. The molecule has 202 valence electrons. The third-order valence-electron chi connectivity index (χ3n) is 6.28. The Morgan fingerprint density at radius 1 is 0.947 bits per heavy atom. The lowest BCUT2D eigenvalue weighted by atomic mass is 10.1. The van der Waals surface area contributed by atoms with Gasteiger partial charge in [0, 0.05) is 19.7 Å². The molecule has 0 aliphatic rings. The molecule has 0 aliphatic carbocycles. The molecule has 0 spiro atoms. The Labute approximate surface area is 224 Å². The highest BCUT2D eigenvalue weighted by Crippen LogP contribution is 2.36. The zero-order chi connectivity index (χ0) is 27.9. The second-order valence-corrected chi connectivity index (χ2v) is 10.5. The average Bonchev–Trinajstić information content (AvgIpc) is 2.94. The van der Waals surface area contributed by atoms with Gasteiger partial charge in [0.25, 0.3) is 10.0 Å². The lowest BCUT2D eigenvalue weighted by Crippen LogP contribution is -2.50. The first-order chi connectivity index (χ1) is 18.1. The molecule has 0 bridgehead atoms. The molecule has 10 heteroatoms. The number of amides is 2. The molecule has 2 amide bonds. The van der Waals surface area contributed by atoms with Gasteiger partial charge in [-0.3, -0.25) is 13.9 Å². The van der Waals surface area contributed by atoms with Crippen LogP contribution in [0.1, 0.15) is 18.1 Å². The molecular formula is C28H33N3O6S. The number of rotatable bonds is 11. The number of sulfonamides is 1. The number of benzene rings is 3. The standard InChI is InChI=1S/C28H33N3O6S/c1-20-11-9-10-12-22(20)18-30(21(2)28(33)29-3)27(32)19-31(38(34,35)24-13-7-6-8-14-24)25-17-23(36-4)15-16-26(25)37-5/h6-17,21H,18-19H2,1-5H3,(H,29,33)/t21-/m0/s1. The second-order valence-electron chi connectivity index (χ2n) is 8.60. The molecule has 3 rings (SSSR count). The Morgan fingerprint density at radius 3 is 2.21 bits per heavy atom. The molecule has 0 unspecified atom stereocenters. The molecule has 0 radical (unpaired) electrons. The molecule has 3 aromatic carbocycles. The van der Waals surface area contributed by atoms with E-state index in [1.807, 2.05) is 31.2 Å². The quantitative estimate of drug-likeness (QED) is 0.401. The van der Waals surface area contributed by atoms with Gasteiger partial charge in [-0.05, 0) is 49.2 Å². The molecule has 0 saturated carbocycles. The summed E-state index contributed by atoms with van der Waals surface area (Å²) in [6, 6.07) is 19.2. The van der Waals surface area contributed by atoms with Crippen LogP contribution >= 0.6 is 0 Å². The molecule has 9 nitrogen and oxygen atoms in total. The van der Waals surface area contributed by atoms with Crippen molar-refractivity contribution in [2.45, 2.75) is 31.3 Å². The maximum atomic E-state index is 13.9. The summed E-state index contributed by atoms with van der Waals surface area (Å²) in [6.07, 6.45) is 0. The molecule has 38 heavy (non-hydrogen) atoms. The van der Waals surface area contributed by atoms with Crippen molar-refractivity contribution in [1.29, 1.82) is 0 Å². The van der Waals surface area contributed by atoms with Crippen LogP contribution < -0.4 is 19.1 Å². The van der Waals surface area contributed by atoms with Crippen molar-refractivity contribution in [2.75, 3.05) is 32.1 Å². The number of nitrogens with one attached hydrogen (secondary N) is 1. The summed E-state index contributed by atoms with van der Waals surface area (Å²) in [5.41, 5.74) is 1.91. The fourth-order valence-electron chi connectivity index (χ4n) is 3.99. The van der Waals surface area contributed by atoms with Crippen molar-refractivity contribution < 1.29 is 27.5 Å². The molecule has 0 aliphatic heterocycles. The lowest BCUT2D eigenvalue weighted by Gasteiger charge is -2.32. The number of ether oxygens (including phenoxy) is 2. The first kappa shape index (κ1) is 28.5. The predicted octanol–water partition coefficient (Wildman–Crippen LogP) is 3.37. The van der Waals surface area contributed by atoms with Gasteiger partial charge in [0.05, 0.1) is 24.8 Å². The van der Waals surface area contributed by atoms with Gasteiger partial charge in [-0.2, -0.15) is 0 Å². The van der Waals surface area contributed by atoms with E-state index in [2.05, 4.69) is 5.32 Å². The number of methoxy groups -OCH3 is 2. The highest BCUT2D eigenvalue weighted by molar-refractivity contribution is 7.92. The minimum atomic E-state index is -4.22. The molecule has 0 fully saturated rings. The van der Waals surface area contributed by atoms with Crippen LogP contribution in [0.3, 0.4) is 0 Å². The van der Waals surface area contributed by atoms with Crippen LogP contribution in [0.5, 0.6) is 11.5 Å². The van der Waals surface area contributed by atoms with Crippen LogP contribution in [-0.4, -0.2) is 59.0 Å². The van der Waals surface area contributed by atoms with Gasteiger partial charge in [0.1, 0.15) is 24.1 Å². The van der Waals surface area contributed by atoms with Crippen molar-refractivity contribution in [3.63, 3.8) is 0 Å². The van der Waals surface area contributed by atoms with Crippen molar-refractivity contribution in [2.24, 2.45) is 0 Å². The SMILES string of the molecule is CNC(=O)[C@H](C)N(Cc1ccccc1C)C(=O)CN(c1cc(OC)ccc1OC)S(=O)(=O)c1ccccc1. The first-order valence-corrected chi connectivity index (χ1v) is 13.4. The minimum Gasteiger partial charge on any atom is -0.497 e. The van der Waals surface area contributed by atoms with E-state index in [-0.39, 0.29) is 28.8 Å². The number of carbonyl (C=O) groups excluding carboxylic acids is 2. The molecule has 0 heterocycles. The van der Waals surface area contributed by atoms with E-state index in [9.17, 15) is 18.0 Å². The molecule has 3 aromatic rings. The zero-order valence-corrected chi connectivity index (χ0v) is 23.0. The van der Waals surface area contributed by atoms with E-state index in [1.165, 1.54) is 44.4 Å². The number of carbonyl (C=O) groups is 2. The lowest BCUT2D eigenvalue weighted by molar-refractivity contribution is -0.139. The fourth-order valence-corrected chi connectivity index (χ4v) is 5.42. The maximum absolute atomic E-state index is 13.9. The van der Waals surface area contributed by atoms with Crippen molar-refractivity contribution in [3.8, 4) is 11.5 Å². The Morgan fingerprint density at radius 2 is 1.61 bits per heavy atom. The second kappa shape index (κ2) is 12.5. The number of hydrogen-bond acceptors (Lipinski definition) is 6. The molecular weight excluding hydrogens is 506 g/mol. The van der Waals surface area contributed by atoms with Crippen LogP contribution in [-0.2, 0) is 26.2 Å². The topological polar surface area (TPSA) is 105 Å². The van der Waals surface area contributed by atoms with Crippen LogP contribution in [0.2, 0.25) is 0 Å². The van der Waals surface area contributed by atoms with E-state index in [4.69, 9.17) is 9.47 Å². The van der Waals surface area contributed by atoms with Gasteiger partial charge in [-0.1, -0.05) is 42.5 Å². The normalized spacial score (nSPS) is 11.8. The van der Waals surface area contributed by atoms with Crippen molar-refractivity contribution >= 4 is 27.5 Å². The summed E-state index contributed by atoms with van der Waals surface area (Å²) in [6.45, 7) is 3.07. The van der Waals surface area contributed by atoms with Crippen LogP contribution in [0.15, 0.2) is 77.7 Å². The summed E-state index contributed by atoms with van der Waals surface area (Å²) in [5, 5.41) is 2.57. The van der Waals surface area contributed by atoms with E-state index in [1.54, 1.807) is 37.3 Å². The predicted molar refractivity (Wildman–Crippen MR) is 146 cm³/mol. The Kier molecular flexibility index (Phi) is 9.35. The number of likely N-dealkylation sites (N-methyl/N-ethyl adjacent to an activating group) is 1. The molecule has 1 N–H and O–H groups in total. The minimum absolute atomic E-state index is 0.00229. The fraction of sp³-hybridized carbons (Fsp3) is 0.286. The van der Waals surface area contributed by atoms with Gasteiger partial charge in [-0.15, -0.1) is 0 Å². The molecule has 0 saturated heterocycles. The zero-order valence-electron chi connectivity index (χ0n) is 22.2. The summed E-state index contributed by atoms with van der Waals surface area (Å²) in [5.74, 6) is -0.308. The van der Waals surface area contributed by atoms with Gasteiger partial charge >= 0.3 is 0 Å². The Hall–Kier alpha value is -4.05. The van der Waals surface area contributed by atoms with Crippen LogP contribution in [0.25, 0.3) is 0 Å². The number of aryl methyl sites for hydroxylation is 1.